The number of carbonyl (C=O) groups is 1. The second kappa shape index (κ2) is 8.66. The molecule has 1 aliphatic rings. The highest BCUT2D eigenvalue weighted by Gasteiger charge is 2.38. The molecular formula is C18H26Cl2N2O4S. The van der Waals surface area contributed by atoms with Crippen LogP contribution in [-0.4, -0.2) is 69.2 Å². The van der Waals surface area contributed by atoms with Crippen LogP contribution in [0.15, 0.2) is 18.2 Å². The molecule has 1 heterocycles. The zero-order valence-corrected chi connectivity index (χ0v) is 18.4. The highest BCUT2D eigenvalue weighted by atomic mass is 35.5. The number of piperazine rings is 1. The van der Waals surface area contributed by atoms with Gasteiger partial charge in [-0.15, -0.1) is 0 Å². The van der Waals surface area contributed by atoms with Crippen LogP contribution in [0, 0.1) is 0 Å². The number of rotatable bonds is 6. The van der Waals surface area contributed by atoms with Crippen LogP contribution >= 0.6 is 23.2 Å². The average Bonchev–Trinajstić information content (AvgIpc) is 2.60. The number of esters is 1. The lowest BCUT2D eigenvalue weighted by atomic mass is 9.79. The third-order valence-corrected chi connectivity index (χ3v) is 7.33. The fourth-order valence-electron chi connectivity index (χ4n) is 3.52. The number of hydrogen-bond donors (Lipinski definition) is 0. The second-order valence-electron chi connectivity index (χ2n) is 7.23. The van der Waals surface area contributed by atoms with E-state index in [9.17, 15) is 13.2 Å². The first kappa shape index (κ1) is 22.4. The largest absolute Gasteiger partial charge is 0.468 e. The molecule has 2 rings (SSSR count). The van der Waals surface area contributed by atoms with Crippen molar-refractivity contribution in [3.05, 3.63) is 33.8 Å². The summed E-state index contributed by atoms with van der Waals surface area (Å²) < 4.78 is 30.2. The lowest BCUT2D eigenvalue weighted by Gasteiger charge is -2.39. The predicted octanol–water partition coefficient (Wildman–Crippen LogP) is 2.78. The van der Waals surface area contributed by atoms with Gasteiger partial charge in [-0.2, -0.15) is 4.31 Å². The minimum absolute atomic E-state index is 0.108. The van der Waals surface area contributed by atoms with E-state index in [0.29, 0.717) is 42.6 Å². The smallest absolute Gasteiger partial charge is 0.316 e. The summed E-state index contributed by atoms with van der Waals surface area (Å²) in [5.74, 6) is -0.344. The van der Waals surface area contributed by atoms with Gasteiger partial charge >= 0.3 is 5.97 Å². The lowest BCUT2D eigenvalue weighted by molar-refractivity contribution is -0.147. The molecule has 0 bridgehead atoms. The quantitative estimate of drug-likeness (QED) is 0.641. The summed E-state index contributed by atoms with van der Waals surface area (Å²) in [7, 11) is -1.84. The van der Waals surface area contributed by atoms with Crippen LogP contribution in [0.5, 0.6) is 0 Å². The summed E-state index contributed by atoms with van der Waals surface area (Å²) in [4.78, 5) is 14.7. The number of benzene rings is 1. The van der Waals surface area contributed by atoms with E-state index in [0.717, 1.165) is 5.56 Å². The highest BCUT2D eigenvalue weighted by Crippen LogP contribution is 2.34. The molecule has 0 saturated carbocycles. The third-order valence-electron chi connectivity index (χ3n) is 5.20. The maximum absolute atomic E-state index is 12.5. The van der Waals surface area contributed by atoms with Gasteiger partial charge in [0.2, 0.25) is 10.0 Å². The van der Waals surface area contributed by atoms with E-state index in [1.54, 1.807) is 18.2 Å². The summed E-state index contributed by atoms with van der Waals surface area (Å²) in [5.41, 5.74) is -0.133. The Morgan fingerprint density at radius 2 is 1.96 bits per heavy atom. The van der Waals surface area contributed by atoms with Gasteiger partial charge in [-0.3, -0.25) is 4.79 Å². The Labute approximate surface area is 171 Å². The van der Waals surface area contributed by atoms with Crippen molar-refractivity contribution < 1.29 is 17.9 Å². The number of carbonyl (C=O) groups excluding carboxylic acids is 1. The zero-order valence-electron chi connectivity index (χ0n) is 16.0. The van der Waals surface area contributed by atoms with Crippen LogP contribution in [-0.2, 0) is 25.0 Å². The van der Waals surface area contributed by atoms with Crippen molar-refractivity contribution in [1.82, 2.24) is 9.21 Å². The van der Waals surface area contributed by atoms with Crippen molar-refractivity contribution in [3.63, 3.8) is 0 Å². The molecule has 1 aromatic carbocycles. The summed E-state index contributed by atoms with van der Waals surface area (Å²) in [6.07, 6.45) is 1.75. The Morgan fingerprint density at radius 1 is 1.30 bits per heavy atom. The molecule has 152 valence electrons. The molecule has 0 N–H and O–H groups in total. The van der Waals surface area contributed by atoms with Gasteiger partial charge in [0.1, 0.15) is 0 Å². The molecule has 1 saturated heterocycles. The van der Waals surface area contributed by atoms with Gasteiger partial charge in [0.25, 0.3) is 0 Å². The van der Waals surface area contributed by atoms with Crippen molar-refractivity contribution >= 4 is 39.2 Å². The molecule has 0 amide bonds. The molecule has 0 aromatic heterocycles. The van der Waals surface area contributed by atoms with Crippen LogP contribution in [0.4, 0.5) is 0 Å². The molecule has 0 spiro atoms. The summed E-state index contributed by atoms with van der Waals surface area (Å²) >= 11 is 12.1. The van der Waals surface area contributed by atoms with Crippen LogP contribution in [0.3, 0.4) is 0 Å². The second-order valence-corrected chi connectivity index (χ2v) is 9.98. The Kier molecular flexibility index (Phi) is 7.19. The van der Waals surface area contributed by atoms with Gasteiger partial charge < -0.3 is 9.64 Å². The first-order valence-electron chi connectivity index (χ1n) is 8.72. The van der Waals surface area contributed by atoms with Crippen molar-refractivity contribution in [2.24, 2.45) is 0 Å². The zero-order chi connectivity index (χ0) is 20.4. The minimum Gasteiger partial charge on any atom is -0.468 e. The lowest BCUT2D eigenvalue weighted by Crippen LogP contribution is -2.54. The normalized spacial score (nSPS) is 21.6. The number of methoxy groups -OCH3 is 1. The SMILES string of the molecule is COC(=O)C(C)(CCN1CCN(S(C)(=O)=O)[C@H](C)C1)c1ccc(Cl)c(Cl)c1. The molecule has 1 aromatic rings. The third kappa shape index (κ3) is 5.15. The molecule has 1 unspecified atom stereocenters. The van der Waals surface area contributed by atoms with E-state index in [1.807, 2.05) is 13.8 Å². The standard InChI is InChI=1S/C18H26Cl2N2O4S/c1-13-12-21(9-10-22(13)27(4,24)25)8-7-18(2,17(23)26-3)14-5-6-15(19)16(20)11-14/h5-6,11,13H,7-10,12H2,1-4H3/t13-,18?/m1/s1. The maximum atomic E-state index is 12.5. The van der Waals surface area contributed by atoms with E-state index in [2.05, 4.69) is 4.90 Å². The van der Waals surface area contributed by atoms with Crippen LogP contribution in [0.1, 0.15) is 25.8 Å². The number of sulfonamides is 1. The molecule has 27 heavy (non-hydrogen) atoms. The minimum atomic E-state index is -3.21. The van der Waals surface area contributed by atoms with Crippen molar-refractivity contribution in [1.29, 1.82) is 0 Å². The van der Waals surface area contributed by atoms with Gasteiger partial charge in [-0.05, 0) is 44.5 Å². The van der Waals surface area contributed by atoms with Crippen molar-refractivity contribution in [2.45, 2.75) is 31.7 Å². The highest BCUT2D eigenvalue weighted by molar-refractivity contribution is 7.88. The van der Waals surface area contributed by atoms with Gasteiger partial charge in [-0.25, -0.2) is 8.42 Å². The van der Waals surface area contributed by atoms with E-state index < -0.39 is 15.4 Å². The van der Waals surface area contributed by atoms with E-state index in [1.165, 1.54) is 17.7 Å². The van der Waals surface area contributed by atoms with Crippen LogP contribution in [0.2, 0.25) is 10.0 Å². The first-order valence-corrected chi connectivity index (χ1v) is 11.3. The molecule has 6 nitrogen and oxygen atoms in total. The van der Waals surface area contributed by atoms with Gasteiger partial charge in [0, 0.05) is 25.7 Å². The van der Waals surface area contributed by atoms with E-state index >= 15 is 0 Å². The predicted molar refractivity (Wildman–Crippen MR) is 108 cm³/mol. The summed E-state index contributed by atoms with van der Waals surface area (Å²) in [6, 6.07) is 5.05. The van der Waals surface area contributed by atoms with Gasteiger partial charge in [-0.1, -0.05) is 29.3 Å². The molecule has 1 fully saturated rings. The Morgan fingerprint density at radius 3 is 2.48 bits per heavy atom. The molecule has 0 radical (unpaired) electrons. The maximum Gasteiger partial charge on any atom is 0.316 e. The number of hydrogen-bond acceptors (Lipinski definition) is 5. The Bertz CT molecular complexity index is 803. The van der Waals surface area contributed by atoms with E-state index in [-0.39, 0.29) is 12.0 Å². The molecule has 9 heteroatoms. The molecule has 1 aliphatic heterocycles. The monoisotopic (exact) mass is 436 g/mol. The molecule has 0 aliphatic carbocycles. The van der Waals surface area contributed by atoms with Crippen LogP contribution in [0.25, 0.3) is 0 Å². The Hall–Kier alpha value is -0.860. The fraction of sp³-hybridized carbons (Fsp3) is 0.611. The Balaban J connectivity index is 2.14. The average molecular weight is 437 g/mol. The van der Waals surface area contributed by atoms with Crippen LogP contribution < -0.4 is 0 Å². The van der Waals surface area contributed by atoms with Gasteiger partial charge in [0.15, 0.2) is 0 Å². The molecule has 2 atom stereocenters. The first-order chi connectivity index (χ1) is 12.5. The van der Waals surface area contributed by atoms with Crippen molar-refractivity contribution in [3.8, 4) is 0 Å². The summed E-state index contributed by atoms with van der Waals surface area (Å²) in [5, 5.41) is 0.818. The topological polar surface area (TPSA) is 66.9 Å². The molecular weight excluding hydrogens is 411 g/mol. The number of halogens is 2. The fourth-order valence-corrected chi connectivity index (χ4v) is 4.95. The number of nitrogens with zero attached hydrogens (tertiary/aromatic N) is 2. The van der Waals surface area contributed by atoms with Crippen molar-refractivity contribution in [2.75, 3.05) is 39.5 Å². The number of ether oxygens (including phenoxy) is 1. The summed E-state index contributed by atoms with van der Waals surface area (Å²) in [6.45, 7) is 6.04. The van der Waals surface area contributed by atoms with E-state index in [4.69, 9.17) is 27.9 Å². The van der Waals surface area contributed by atoms with Gasteiger partial charge in [0.05, 0.1) is 28.8 Å².